The predicted molar refractivity (Wildman–Crippen MR) is 79.1 cm³/mol. The number of fused-ring (bicyclic) bond motifs is 1. The topological polar surface area (TPSA) is 71.5 Å². The van der Waals surface area contributed by atoms with Crippen LogP contribution in [0.4, 0.5) is 20.8 Å². The molecule has 114 valence electrons. The quantitative estimate of drug-likeness (QED) is 0.925. The van der Waals surface area contributed by atoms with E-state index in [-0.39, 0.29) is 17.8 Å². The van der Waals surface area contributed by atoms with Crippen LogP contribution in [0.2, 0.25) is 0 Å². The average Bonchev–Trinajstić information content (AvgIpc) is 2.85. The third-order valence-corrected chi connectivity index (χ3v) is 3.77. The van der Waals surface area contributed by atoms with Gasteiger partial charge < -0.3 is 4.90 Å². The Morgan fingerprint density at radius 2 is 2.23 bits per heavy atom. The minimum atomic E-state index is -1.22. The number of rotatable bonds is 2. The molecule has 1 aromatic heterocycles. The summed E-state index contributed by atoms with van der Waals surface area (Å²) in [4.78, 5) is 31.6. The van der Waals surface area contributed by atoms with E-state index in [1.165, 1.54) is 0 Å². The zero-order valence-corrected chi connectivity index (χ0v) is 11.9. The molecule has 3 rings (SSSR count). The summed E-state index contributed by atoms with van der Waals surface area (Å²) >= 11 is 0. The van der Waals surface area contributed by atoms with Gasteiger partial charge in [0.15, 0.2) is 0 Å². The Morgan fingerprint density at radius 3 is 2.91 bits per heavy atom. The Morgan fingerprint density at radius 1 is 1.41 bits per heavy atom. The van der Waals surface area contributed by atoms with Crippen LogP contribution in [-0.2, 0) is 9.74 Å². The lowest BCUT2D eigenvalue weighted by atomic mass is 10.1. The zero-order valence-electron chi connectivity index (χ0n) is 11.9. The van der Waals surface area contributed by atoms with Crippen LogP contribution in [0.3, 0.4) is 0 Å². The van der Waals surface area contributed by atoms with Gasteiger partial charge in [-0.2, -0.15) is 0 Å². The van der Waals surface area contributed by atoms with Gasteiger partial charge in [0.25, 0.3) is 0 Å². The summed E-state index contributed by atoms with van der Waals surface area (Å²) in [6.07, 6.45) is 1.74. The lowest BCUT2D eigenvalue weighted by molar-refractivity contribution is -0.117. The normalized spacial score (nSPS) is 17.8. The van der Waals surface area contributed by atoms with Crippen LogP contribution in [0.1, 0.15) is 19.8 Å². The fraction of sp³-hybridized carbons (Fsp3) is 0.267. The Balaban J connectivity index is 1.92. The first kappa shape index (κ1) is 14.2. The van der Waals surface area contributed by atoms with E-state index in [4.69, 9.17) is 0 Å². The number of benzene rings is 1. The maximum Gasteiger partial charge on any atom is 0.450 e. The molecule has 22 heavy (non-hydrogen) atoms. The first-order valence-electron chi connectivity index (χ1n) is 6.90. The van der Waals surface area contributed by atoms with Crippen LogP contribution in [0.25, 0.3) is 10.8 Å². The number of nitrogens with zero attached hydrogens (tertiary/aromatic N) is 2. The minimum Gasteiger partial charge on any atom is -0.310 e. The Kier molecular flexibility index (Phi) is 3.62. The third kappa shape index (κ3) is 2.57. The van der Waals surface area contributed by atoms with E-state index >= 15 is 0 Å². The molecule has 1 saturated heterocycles. The van der Waals surface area contributed by atoms with Gasteiger partial charge in [-0.15, -0.1) is 0 Å². The largest absolute Gasteiger partial charge is 0.450 e. The molecule has 1 atom stereocenters. The van der Waals surface area contributed by atoms with E-state index in [0.29, 0.717) is 6.42 Å². The number of nitrogens with one attached hydrogen (secondary N) is 1. The predicted octanol–water partition coefficient (Wildman–Crippen LogP) is 3.18. The molecule has 1 aliphatic rings. The Bertz CT molecular complexity index is 750. The summed E-state index contributed by atoms with van der Waals surface area (Å²) in [6.45, 7) is 2.02. The number of hydrogen-bond donors (Lipinski definition) is 1. The van der Waals surface area contributed by atoms with E-state index in [2.05, 4.69) is 15.2 Å². The maximum absolute atomic E-state index is 11.9. The average molecular weight is 303 g/mol. The van der Waals surface area contributed by atoms with Crippen LogP contribution in [0.15, 0.2) is 30.5 Å². The number of carbonyl (C=O) groups is 2. The fourth-order valence-corrected chi connectivity index (χ4v) is 2.70. The highest BCUT2D eigenvalue weighted by molar-refractivity contribution is 5.99. The third-order valence-electron chi connectivity index (χ3n) is 3.77. The second-order valence-electron chi connectivity index (χ2n) is 5.24. The lowest BCUT2D eigenvalue weighted by Crippen LogP contribution is -2.30. The molecule has 7 heteroatoms. The van der Waals surface area contributed by atoms with Gasteiger partial charge in [-0.3, -0.25) is 10.1 Å². The molecular formula is C15H14FN3O3. The molecule has 1 N–H and O–H groups in total. The molecule has 1 aromatic carbocycles. The van der Waals surface area contributed by atoms with Crippen molar-refractivity contribution in [3.05, 3.63) is 30.5 Å². The van der Waals surface area contributed by atoms with Gasteiger partial charge in [0.05, 0.1) is 0 Å². The zero-order chi connectivity index (χ0) is 15.7. The smallest absolute Gasteiger partial charge is 0.310 e. The molecule has 2 aromatic rings. The maximum atomic E-state index is 11.9. The van der Waals surface area contributed by atoms with Gasteiger partial charge in [0.2, 0.25) is 5.91 Å². The summed E-state index contributed by atoms with van der Waals surface area (Å²) in [5.41, 5.74) is 0.827. The van der Waals surface area contributed by atoms with Crippen molar-refractivity contribution < 1.29 is 19.1 Å². The van der Waals surface area contributed by atoms with Gasteiger partial charge in [0.1, 0.15) is 5.82 Å². The van der Waals surface area contributed by atoms with Crippen LogP contribution in [-0.4, -0.2) is 23.0 Å². The first-order chi connectivity index (χ1) is 10.6. The number of halogens is 1. The van der Waals surface area contributed by atoms with Crippen molar-refractivity contribution in [3.63, 3.8) is 0 Å². The number of pyridine rings is 1. The molecule has 1 aliphatic heterocycles. The van der Waals surface area contributed by atoms with Gasteiger partial charge in [-0.05, 0) is 36.9 Å². The Hall–Kier alpha value is -2.70. The second kappa shape index (κ2) is 5.59. The van der Waals surface area contributed by atoms with Crippen LogP contribution < -0.4 is 10.2 Å². The van der Waals surface area contributed by atoms with E-state index < -0.39 is 6.09 Å². The molecule has 6 nitrogen and oxygen atoms in total. The van der Waals surface area contributed by atoms with E-state index in [9.17, 15) is 14.1 Å². The van der Waals surface area contributed by atoms with Crippen LogP contribution >= 0.6 is 0 Å². The molecule has 0 saturated carbocycles. The van der Waals surface area contributed by atoms with Crippen molar-refractivity contribution in [1.29, 1.82) is 0 Å². The van der Waals surface area contributed by atoms with Crippen LogP contribution in [0, 0.1) is 0 Å². The van der Waals surface area contributed by atoms with Gasteiger partial charge in [-0.1, -0.05) is 6.07 Å². The summed E-state index contributed by atoms with van der Waals surface area (Å²) in [5.74, 6) is 0.303. The number of hydrogen-bond acceptors (Lipinski definition) is 4. The molecule has 1 fully saturated rings. The van der Waals surface area contributed by atoms with E-state index in [1.54, 1.807) is 17.2 Å². The van der Waals surface area contributed by atoms with E-state index in [1.807, 2.05) is 25.1 Å². The Labute approximate surface area is 125 Å². The van der Waals surface area contributed by atoms with Gasteiger partial charge >= 0.3 is 6.09 Å². The SMILES string of the molecule is CC1CCC(=O)N1c1ccc2cc(NC(=O)OF)ncc2c1. The highest BCUT2D eigenvalue weighted by Gasteiger charge is 2.28. The molecular weight excluding hydrogens is 289 g/mol. The van der Waals surface area contributed by atoms with Gasteiger partial charge in [0, 0.05) is 34.3 Å². The van der Waals surface area contributed by atoms with Crippen molar-refractivity contribution in [1.82, 2.24) is 4.98 Å². The molecule has 0 radical (unpaired) electrons. The summed E-state index contributed by atoms with van der Waals surface area (Å²) in [5, 5.41) is 3.79. The van der Waals surface area contributed by atoms with Crippen LogP contribution in [0.5, 0.6) is 0 Å². The monoisotopic (exact) mass is 303 g/mol. The van der Waals surface area contributed by atoms with Crippen molar-refractivity contribution in [2.75, 3.05) is 10.2 Å². The number of amides is 2. The lowest BCUT2D eigenvalue weighted by Gasteiger charge is -2.22. The molecule has 0 aliphatic carbocycles. The summed E-state index contributed by atoms with van der Waals surface area (Å²) in [7, 11) is 0. The van der Waals surface area contributed by atoms with Crippen molar-refractivity contribution in [2.45, 2.75) is 25.8 Å². The molecule has 0 bridgehead atoms. The number of carbonyl (C=O) groups excluding carboxylic acids is 2. The van der Waals surface area contributed by atoms with E-state index in [0.717, 1.165) is 22.9 Å². The van der Waals surface area contributed by atoms with Crippen molar-refractivity contribution >= 4 is 34.3 Å². The summed E-state index contributed by atoms with van der Waals surface area (Å²) in [6, 6.07) is 7.33. The molecule has 1 unspecified atom stereocenters. The van der Waals surface area contributed by atoms with Crippen molar-refractivity contribution in [2.24, 2.45) is 0 Å². The second-order valence-corrected chi connectivity index (χ2v) is 5.24. The minimum absolute atomic E-state index is 0.115. The first-order valence-corrected chi connectivity index (χ1v) is 6.90. The highest BCUT2D eigenvalue weighted by atomic mass is 19.3. The number of anilines is 2. The molecule has 2 amide bonds. The number of aromatic nitrogens is 1. The fourth-order valence-electron chi connectivity index (χ4n) is 2.70. The van der Waals surface area contributed by atoms with Gasteiger partial charge in [-0.25, -0.2) is 14.7 Å². The van der Waals surface area contributed by atoms with Crippen molar-refractivity contribution in [3.8, 4) is 0 Å². The molecule has 2 heterocycles. The highest BCUT2D eigenvalue weighted by Crippen LogP contribution is 2.29. The summed E-state index contributed by atoms with van der Waals surface area (Å²) < 4.78 is 11.7. The molecule has 0 spiro atoms. The standard InChI is InChI=1S/C15H14FN3O3/c1-9-2-5-14(20)19(9)12-4-3-10-7-13(18-15(21)22-16)17-8-11(10)6-12/h3-4,6-9H,2,5H2,1H3,(H,17,18,21).